The van der Waals surface area contributed by atoms with Crippen LogP contribution in [0.25, 0.3) is 0 Å². The largest absolute Gasteiger partial charge is 0.307 e. The minimum atomic E-state index is 0.653. The summed E-state index contributed by atoms with van der Waals surface area (Å²) in [5, 5.41) is 3.30. The SMILES string of the molecule is CCCc1ccc([C@H]2CN2)cc1. The minimum absolute atomic E-state index is 0.653. The van der Waals surface area contributed by atoms with Crippen LogP contribution in [0.15, 0.2) is 24.3 Å². The van der Waals surface area contributed by atoms with Gasteiger partial charge < -0.3 is 5.32 Å². The van der Waals surface area contributed by atoms with Crippen molar-refractivity contribution in [1.29, 1.82) is 0 Å². The van der Waals surface area contributed by atoms with Gasteiger partial charge in [0, 0.05) is 12.6 Å². The van der Waals surface area contributed by atoms with Gasteiger partial charge >= 0.3 is 0 Å². The number of rotatable bonds is 3. The van der Waals surface area contributed by atoms with E-state index in [9.17, 15) is 0 Å². The summed E-state index contributed by atoms with van der Waals surface area (Å²) in [4.78, 5) is 0. The van der Waals surface area contributed by atoms with Crippen LogP contribution < -0.4 is 5.32 Å². The molecule has 0 amide bonds. The van der Waals surface area contributed by atoms with E-state index in [1.54, 1.807) is 0 Å². The number of benzene rings is 1. The smallest absolute Gasteiger partial charge is 0.0447 e. The molecule has 1 aromatic rings. The fraction of sp³-hybridized carbons (Fsp3) is 0.455. The molecule has 1 N–H and O–H groups in total. The lowest BCUT2D eigenvalue weighted by atomic mass is 10.1. The molecule has 0 saturated carbocycles. The first-order chi connectivity index (χ1) is 5.90. The lowest BCUT2D eigenvalue weighted by Gasteiger charge is -2.00. The third kappa shape index (κ3) is 1.67. The van der Waals surface area contributed by atoms with Crippen molar-refractivity contribution in [2.45, 2.75) is 25.8 Å². The molecule has 2 rings (SSSR count). The van der Waals surface area contributed by atoms with Gasteiger partial charge in [-0.05, 0) is 17.5 Å². The quantitative estimate of drug-likeness (QED) is 0.675. The van der Waals surface area contributed by atoms with E-state index in [0.717, 1.165) is 6.54 Å². The maximum absolute atomic E-state index is 3.30. The van der Waals surface area contributed by atoms with Gasteiger partial charge in [-0.1, -0.05) is 37.6 Å². The average molecular weight is 161 g/mol. The molecule has 0 radical (unpaired) electrons. The maximum Gasteiger partial charge on any atom is 0.0447 e. The molecule has 0 aliphatic carbocycles. The fourth-order valence-corrected chi connectivity index (χ4v) is 1.50. The van der Waals surface area contributed by atoms with Crippen molar-refractivity contribution < 1.29 is 0 Å². The van der Waals surface area contributed by atoms with E-state index in [1.807, 2.05) is 0 Å². The van der Waals surface area contributed by atoms with Gasteiger partial charge in [-0.25, -0.2) is 0 Å². The van der Waals surface area contributed by atoms with Crippen molar-refractivity contribution in [2.24, 2.45) is 0 Å². The van der Waals surface area contributed by atoms with Crippen molar-refractivity contribution in [2.75, 3.05) is 6.54 Å². The van der Waals surface area contributed by atoms with Crippen molar-refractivity contribution in [3.05, 3.63) is 35.4 Å². The summed E-state index contributed by atoms with van der Waals surface area (Å²) < 4.78 is 0. The highest BCUT2D eigenvalue weighted by Gasteiger charge is 2.21. The van der Waals surface area contributed by atoms with Crippen molar-refractivity contribution in [3.8, 4) is 0 Å². The fourth-order valence-electron chi connectivity index (χ4n) is 1.50. The zero-order valence-electron chi connectivity index (χ0n) is 7.51. The van der Waals surface area contributed by atoms with Crippen LogP contribution in [0.4, 0.5) is 0 Å². The molecule has 1 saturated heterocycles. The van der Waals surface area contributed by atoms with E-state index >= 15 is 0 Å². The number of hydrogen-bond acceptors (Lipinski definition) is 1. The molecule has 1 heteroatoms. The molecular weight excluding hydrogens is 146 g/mol. The second-order valence-electron chi connectivity index (χ2n) is 3.45. The lowest BCUT2D eigenvalue weighted by molar-refractivity contribution is 0.919. The van der Waals surface area contributed by atoms with Crippen molar-refractivity contribution >= 4 is 0 Å². The first-order valence-electron chi connectivity index (χ1n) is 4.72. The zero-order chi connectivity index (χ0) is 8.39. The van der Waals surface area contributed by atoms with Crippen molar-refractivity contribution in [3.63, 3.8) is 0 Å². The van der Waals surface area contributed by atoms with E-state index < -0.39 is 0 Å². The summed E-state index contributed by atoms with van der Waals surface area (Å²) >= 11 is 0. The van der Waals surface area contributed by atoms with Crippen LogP contribution in [0.1, 0.15) is 30.5 Å². The monoisotopic (exact) mass is 161 g/mol. The van der Waals surface area contributed by atoms with E-state index in [2.05, 4.69) is 36.5 Å². The van der Waals surface area contributed by atoms with E-state index in [-0.39, 0.29) is 0 Å². The molecule has 1 aliphatic rings. The Kier molecular flexibility index (Phi) is 2.13. The van der Waals surface area contributed by atoms with Crippen LogP contribution >= 0.6 is 0 Å². The Hall–Kier alpha value is -0.820. The second-order valence-corrected chi connectivity index (χ2v) is 3.45. The maximum atomic E-state index is 3.30. The standard InChI is InChI=1S/C11H15N/c1-2-3-9-4-6-10(7-5-9)11-8-12-11/h4-7,11-12H,2-3,8H2,1H3/t11-/m1/s1. The van der Waals surface area contributed by atoms with Crippen LogP contribution in [0.2, 0.25) is 0 Å². The van der Waals surface area contributed by atoms with E-state index in [0.29, 0.717) is 6.04 Å². The van der Waals surface area contributed by atoms with Crippen LogP contribution in [0.3, 0.4) is 0 Å². The molecule has 0 bridgehead atoms. The lowest BCUT2D eigenvalue weighted by Crippen LogP contribution is -1.86. The van der Waals surface area contributed by atoms with Crippen LogP contribution in [0.5, 0.6) is 0 Å². The Bertz CT molecular complexity index is 246. The topological polar surface area (TPSA) is 21.9 Å². The third-order valence-corrected chi connectivity index (χ3v) is 2.33. The highest BCUT2D eigenvalue weighted by molar-refractivity contribution is 5.27. The van der Waals surface area contributed by atoms with Crippen LogP contribution in [0, 0.1) is 0 Å². The van der Waals surface area contributed by atoms with Gasteiger partial charge in [0.25, 0.3) is 0 Å². The Labute approximate surface area is 73.8 Å². The molecule has 1 atom stereocenters. The summed E-state index contributed by atoms with van der Waals surface area (Å²) in [5.74, 6) is 0. The summed E-state index contributed by atoms with van der Waals surface area (Å²) in [6.45, 7) is 3.38. The Morgan fingerprint density at radius 2 is 2.00 bits per heavy atom. The molecule has 0 unspecified atom stereocenters. The van der Waals surface area contributed by atoms with Crippen molar-refractivity contribution in [1.82, 2.24) is 5.32 Å². The molecule has 1 nitrogen and oxygen atoms in total. The van der Waals surface area contributed by atoms with Gasteiger partial charge in [-0.15, -0.1) is 0 Å². The molecular formula is C11H15N. The van der Waals surface area contributed by atoms with Gasteiger partial charge in [0.1, 0.15) is 0 Å². The molecule has 64 valence electrons. The van der Waals surface area contributed by atoms with Gasteiger partial charge in [0.15, 0.2) is 0 Å². The Balaban J connectivity index is 2.08. The Morgan fingerprint density at radius 1 is 1.33 bits per heavy atom. The van der Waals surface area contributed by atoms with Gasteiger partial charge in [0.2, 0.25) is 0 Å². The third-order valence-electron chi connectivity index (χ3n) is 2.33. The molecule has 1 fully saturated rings. The average Bonchev–Trinajstić information content (AvgIpc) is 2.89. The zero-order valence-corrected chi connectivity index (χ0v) is 7.51. The number of aryl methyl sites for hydroxylation is 1. The number of nitrogens with one attached hydrogen (secondary N) is 1. The van der Waals surface area contributed by atoms with Gasteiger partial charge in [-0.3, -0.25) is 0 Å². The van der Waals surface area contributed by atoms with Crippen LogP contribution in [-0.4, -0.2) is 6.54 Å². The highest BCUT2D eigenvalue weighted by Crippen LogP contribution is 2.21. The molecule has 1 heterocycles. The molecule has 1 aromatic carbocycles. The first-order valence-corrected chi connectivity index (χ1v) is 4.72. The second kappa shape index (κ2) is 3.28. The molecule has 0 aromatic heterocycles. The predicted octanol–water partition coefficient (Wildman–Crippen LogP) is 2.28. The molecule has 0 spiro atoms. The highest BCUT2D eigenvalue weighted by atomic mass is 15.1. The summed E-state index contributed by atoms with van der Waals surface area (Å²) in [5.41, 5.74) is 2.90. The van der Waals surface area contributed by atoms with Gasteiger partial charge in [-0.2, -0.15) is 0 Å². The van der Waals surface area contributed by atoms with Gasteiger partial charge in [0.05, 0.1) is 0 Å². The first kappa shape index (κ1) is 7.81. The molecule has 1 aliphatic heterocycles. The van der Waals surface area contributed by atoms with Crippen LogP contribution in [-0.2, 0) is 6.42 Å². The van der Waals surface area contributed by atoms with E-state index in [4.69, 9.17) is 0 Å². The minimum Gasteiger partial charge on any atom is -0.307 e. The predicted molar refractivity (Wildman–Crippen MR) is 51.2 cm³/mol. The summed E-state index contributed by atoms with van der Waals surface area (Å²) in [6, 6.07) is 9.64. The Morgan fingerprint density at radius 3 is 2.50 bits per heavy atom. The number of hydrogen-bond donors (Lipinski definition) is 1. The normalized spacial score (nSPS) is 20.9. The molecule has 12 heavy (non-hydrogen) atoms. The summed E-state index contributed by atoms with van der Waals surface area (Å²) in [7, 11) is 0. The van der Waals surface area contributed by atoms with E-state index in [1.165, 1.54) is 24.0 Å². The summed E-state index contributed by atoms with van der Waals surface area (Å²) in [6.07, 6.45) is 2.44.